The topological polar surface area (TPSA) is 58.4 Å². The van der Waals surface area contributed by atoms with Crippen molar-refractivity contribution < 1.29 is 4.79 Å². The van der Waals surface area contributed by atoms with Gasteiger partial charge in [-0.05, 0) is 26.9 Å². The van der Waals surface area contributed by atoms with Gasteiger partial charge in [-0.15, -0.1) is 24.8 Å². The zero-order valence-corrected chi connectivity index (χ0v) is 13.0. The van der Waals surface area contributed by atoms with E-state index >= 15 is 0 Å². The van der Waals surface area contributed by atoms with Gasteiger partial charge in [0.2, 0.25) is 5.91 Å². The van der Waals surface area contributed by atoms with E-state index in [0.29, 0.717) is 0 Å². The van der Waals surface area contributed by atoms with Crippen LogP contribution in [0.5, 0.6) is 0 Å². The molecule has 3 N–H and O–H groups in total. The van der Waals surface area contributed by atoms with E-state index in [9.17, 15) is 4.79 Å². The van der Waals surface area contributed by atoms with Crippen LogP contribution in [0.25, 0.3) is 0 Å². The van der Waals surface area contributed by atoms with Crippen molar-refractivity contribution in [1.82, 2.24) is 10.2 Å². The molecule has 4 nitrogen and oxygen atoms in total. The molecule has 110 valence electrons. The van der Waals surface area contributed by atoms with Crippen molar-refractivity contribution >= 4 is 30.7 Å². The summed E-state index contributed by atoms with van der Waals surface area (Å²) in [5, 5.41) is 2.95. The highest BCUT2D eigenvalue weighted by atomic mass is 35.5. The van der Waals surface area contributed by atoms with Gasteiger partial charge in [0.05, 0.1) is 6.54 Å². The minimum Gasteiger partial charge on any atom is -0.353 e. The fourth-order valence-electron chi connectivity index (χ4n) is 2.50. The van der Waals surface area contributed by atoms with Gasteiger partial charge in [0, 0.05) is 12.1 Å². The fourth-order valence-corrected chi connectivity index (χ4v) is 2.50. The van der Waals surface area contributed by atoms with Gasteiger partial charge >= 0.3 is 0 Å². The van der Waals surface area contributed by atoms with Crippen LogP contribution in [-0.2, 0) is 4.79 Å². The average molecular weight is 300 g/mol. The van der Waals surface area contributed by atoms with Crippen LogP contribution < -0.4 is 11.1 Å². The Hall–Kier alpha value is -0.0300. The summed E-state index contributed by atoms with van der Waals surface area (Å²) in [7, 11) is 4.22. The maximum absolute atomic E-state index is 11.3. The number of carbonyl (C=O) groups is 1. The molecule has 1 rings (SSSR count). The van der Waals surface area contributed by atoms with Gasteiger partial charge in [-0.2, -0.15) is 0 Å². The molecule has 0 radical (unpaired) electrons. The predicted molar refractivity (Wildman–Crippen MR) is 80.7 cm³/mol. The highest BCUT2D eigenvalue weighted by molar-refractivity contribution is 5.85. The molecule has 18 heavy (non-hydrogen) atoms. The molecule has 0 spiro atoms. The van der Waals surface area contributed by atoms with Crippen molar-refractivity contribution in [2.24, 2.45) is 5.73 Å². The Morgan fingerprint density at radius 2 is 1.67 bits per heavy atom. The molecule has 0 aromatic carbocycles. The van der Waals surface area contributed by atoms with E-state index in [-0.39, 0.29) is 42.8 Å². The van der Waals surface area contributed by atoms with Gasteiger partial charge in [0.25, 0.3) is 0 Å². The van der Waals surface area contributed by atoms with E-state index in [1.165, 1.54) is 38.5 Å². The van der Waals surface area contributed by atoms with Crippen LogP contribution >= 0.6 is 24.8 Å². The summed E-state index contributed by atoms with van der Waals surface area (Å²) in [5.74, 6) is -0.0505. The van der Waals surface area contributed by atoms with Gasteiger partial charge in [-0.3, -0.25) is 4.79 Å². The molecule has 1 aliphatic carbocycles. The number of amides is 1. The first kappa shape index (κ1) is 20.3. The molecule has 0 saturated heterocycles. The maximum Gasteiger partial charge on any atom is 0.233 e. The van der Waals surface area contributed by atoms with Gasteiger partial charge in [0.1, 0.15) is 0 Å². The molecular weight excluding hydrogens is 273 g/mol. The third kappa shape index (κ3) is 5.74. The van der Waals surface area contributed by atoms with Gasteiger partial charge < -0.3 is 16.0 Å². The number of likely N-dealkylation sites (N-methyl/N-ethyl adjacent to an activating group) is 1. The molecule has 0 aliphatic heterocycles. The number of hydrogen-bond donors (Lipinski definition) is 2. The second-order valence-electron chi connectivity index (χ2n) is 5.01. The van der Waals surface area contributed by atoms with E-state index < -0.39 is 0 Å². The molecule has 0 aromatic rings. The Bertz CT molecular complexity index is 229. The molecule has 0 unspecified atom stereocenters. The number of rotatable bonds is 4. The van der Waals surface area contributed by atoms with Gasteiger partial charge in [-0.1, -0.05) is 25.7 Å². The summed E-state index contributed by atoms with van der Waals surface area (Å²) < 4.78 is 0. The van der Waals surface area contributed by atoms with Crippen molar-refractivity contribution in [2.45, 2.75) is 44.1 Å². The van der Waals surface area contributed by atoms with Crippen molar-refractivity contribution in [3.63, 3.8) is 0 Å². The molecule has 0 atom stereocenters. The summed E-state index contributed by atoms with van der Waals surface area (Å²) in [5.41, 5.74) is 5.45. The van der Waals surface area contributed by atoms with Crippen LogP contribution in [0.2, 0.25) is 0 Å². The maximum atomic E-state index is 11.3. The first-order chi connectivity index (χ1) is 7.60. The zero-order chi connectivity index (χ0) is 12.0. The molecule has 1 fully saturated rings. The van der Waals surface area contributed by atoms with E-state index in [2.05, 4.69) is 24.3 Å². The summed E-state index contributed by atoms with van der Waals surface area (Å²) in [6.45, 7) is 0.819. The Morgan fingerprint density at radius 1 is 1.17 bits per heavy atom. The van der Waals surface area contributed by atoms with Crippen LogP contribution in [0, 0.1) is 0 Å². The summed E-state index contributed by atoms with van der Waals surface area (Å²) in [6.07, 6.45) is 7.50. The number of halogens is 2. The van der Waals surface area contributed by atoms with Crippen LogP contribution in [0.3, 0.4) is 0 Å². The molecule has 1 aliphatic rings. The van der Waals surface area contributed by atoms with E-state index in [1.807, 2.05) is 0 Å². The van der Waals surface area contributed by atoms with Crippen molar-refractivity contribution in [1.29, 1.82) is 0 Å². The van der Waals surface area contributed by atoms with Crippen LogP contribution in [0.4, 0.5) is 0 Å². The molecule has 6 heteroatoms. The normalized spacial score (nSPS) is 18.2. The van der Waals surface area contributed by atoms with Crippen molar-refractivity contribution in [3.05, 3.63) is 0 Å². The van der Waals surface area contributed by atoms with Crippen LogP contribution in [-0.4, -0.2) is 43.5 Å². The summed E-state index contributed by atoms with van der Waals surface area (Å²) in [4.78, 5) is 13.5. The van der Waals surface area contributed by atoms with Gasteiger partial charge in [0.15, 0.2) is 0 Å². The second-order valence-corrected chi connectivity index (χ2v) is 5.01. The standard InChI is InChI=1S/C12H25N3O.2ClH/c1-15(2)12(10-14-11(16)9-13)7-5-3-4-6-8-12;;/h3-10,13H2,1-2H3,(H,14,16);2*1H. The lowest BCUT2D eigenvalue weighted by Gasteiger charge is -2.39. The van der Waals surface area contributed by atoms with E-state index in [1.54, 1.807) is 0 Å². The average Bonchev–Trinajstić information content (AvgIpc) is 2.52. The number of nitrogens with zero attached hydrogens (tertiary/aromatic N) is 1. The molecule has 1 saturated carbocycles. The Kier molecular flexibility index (Phi) is 11.1. The molecule has 0 heterocycles. The number of carbonyl (C=O) groups excluding carboxylic acids is 1. The molecule has 0 aromatic heterocycles. The molecular formula is C12H27Cl2N3O. The van der Waals surface area contributed by atoms with Crippen molar-refractivity contribution in [2.75, 3.05) is 27.2 Å². The third-order valence-electron chi connectivity index (χ3n) is 3.78. The molecule has 0 bridgehead atoms. The highest BCUT2D eigenvalue weighted by Crippen LogP contribution is 2.30. The van der Waals surface area contributed by atoms with E-state index in [4.69, 9.17) is 5.73 Å². The summed E-state index contributed by atoms with van der Waals surface area (Å²) >= 11 is 0. The fraction of sp³-hybridized carbons (Fsp3) is 0.917. The van der Waals surface area contributed by atoms with Crippen LogP contribution in [0.1, 0.15) is 38.5 Å². The lowest BCUT2D eigenvalue weighted by Crippen LogP contribution is -2.53. The highest BCUT2D eigenvalue weighted by Gasteiger charge is 2.33. The minimum atomic E-state index is -0.0505. The minimum absolute atomic E-state index is 0. The third-order valence-corrected chi connectivity index (χ3v) is 3.78. The monoisotopic (exact) mass is 299 g/mol. The summed E-state index contributed by atoms with van der Waals surface area (Å²) in [6, 6.07) is 0. The second kappa shape index (κ2) is 9.84. The first-order valence-corrected chi connectivity index (χ1v) is 6.25. The number of nitrogens with two attached hydrogens (primary N) is 1. The number of hydrogen-bond acceptors (Lipinski definition) is 3. The quantitative estimate of drug-likeness (QED) is 0.775. The lowest BCUT2D eigenvalue weighted by molar-refractivity contribution is -0.120. The van der Waals surface area contributed by atoms with Crippen LogP contribution in [0.15, 0.2) is 0 Å². The van der Waals surface area contributed by atoms with Gasteiger partial charge in [-0.25, -0.2) is 0 Å². The smallest absolute Gasteiger partial charge is 0.233 e. The Labute approximate surface area is 123 Å². The predicted octanol–water partition coefficient (Wildman–Crippen LogP) is 1.56. The van der Waals surface area contributed by atoms with E-state index in [0.717, 1.165) is 6.54 Å². The zero-order valence-electron chi connectivity index (χ0n) is 11.4. The first-order valence-electron chi connectivity index (χ1n) is 6.25. The largest absolute Gasteiger partial charge is 0.353 e. The molecule has 1 amide bonds. The number of nitrogens with one attached hydrogen (secondary N) is 1. The Balaban J connectivity index is 0. The lowest BCUT2D eigenvalue weighted by atomic mass is 9.88. The van der Waals surface area contributed by atoms with Crippen molar-refractivity contribution in [3.8, 4) is 0 Å². The SMILES string of the molecule is CN(C)C1(CNC(=O)CN)CCCCCC1.Cl.Cl. The Morgan fingerprint density at radius 3 is 2.06 bits per heavy atom.